The number of carboxylic acids is 1. The molecule has 1 atom stereocenters. The van der Waals surface area contributed by atoms with Crippen molar-refractivity contribution >= 4 is 23.5 Å². The first kappa shape index (κ1) is 15.5. The number of carboxylic acid groups (broad SMARTS) is 1. The number of fused-ring (bicyclic) bond motifs is 1. The number of nitrogens with zero attached hydrogens (tertiary/aromatic N) is 4. The minimum Gasteiger partial charge on any atom is -0.480 e. The maximum Gasteiger partial charge on any atom is 0.328 e. The van der Waals surface area contributed by atoms with E-state index < -0.39 is 12.0 Å². The van der Waals surface area contributed by atoms with E-state index in [2.05, 4.69) is 10.2 Å². The predicted octanol–water partition coefficient (Wildman–Crippen LogP) is 1.66. The van der Waals surface area contributed by atoms with Crippen molar-refractivity contribution in [2.45, 2.75) is 33.0 Å². The maximum atomic E-state index is 12.9. The molecule has 1 aromatic heterocycles. The molecule has 23 heavy (non-hydrogen) atoms. The average Bonchev–Trinajstić information content (AvgIpc) is 2.89. The zero-order valence-electron chi connectivity index (χ0n) is 12.7. The van der Waals surface area contributed by atoms with Crippen molar-refractivity contribution < 1.29 is 14.7 Å². The van der Waals surface area contributed by atoms with Crippen LogP contribution in [0.4, 0.5) is 0 Å². The van der Waals surface area contributed by atoms with Crippen molar-refractivity contribution in [2.24, 2.45) is 0 Å². The summed E-state index contributed by atoms with van der Waals surface area (Å²) < 4.78 is 1.73. The van der Waals surface area contributed by atoms with E-state index in [-0.39, 0.29) is 19.0 Å². The van der Waals surface area contributed by atoms with Crippen LogP contribution in [-0.2, 0) is 17.9 Å². The number of aryl methyl sites for hydroxylation is 1. The molecule has 0 spiro atoms. The van der Waals surface area contributed by atoms with Gasteiger partial charge in [-0.15, -0.1) is 10.2 Å². The largest absolute Gasteiger partial charge is 0.480 e. The molecule has 8 heteroatoms. The summed E-state index contributed by atoms with van der Waals surface area (Å²) in [4.78, 5) is 25.8. The SMILES string of the molecule is Cc1c(Cl)cccc1C(=O)N1Cc2nnc(C)n2CC1C(=O)O. The monoisotopic (exact) mass is 334 g/mol. The lowest BCUT2D eigenvalue weighted by Gasteiger charge is -2.33. The molecule has 1 aliphatic heterocycles. The van der Waals surface area contributed by atoms with E-state index in [1.807, 2.05) is 0 Å². The normalized spacial score (nSPS) is 17.0. The molecule has 0 aliphatic carbocycles. The number of aromatic nitrogens is 3. The third-order valence-corrected chi connectivity index (χ3v) is 4.51. The molecule has 0 radical (unpaired) electrons. The van der Waals surface area contributed by atoms with E-state index in [9.17, 15) is 14.7 Å². The van der Waals surface area contributed by atoms with Crippen LogP contribution in [0.3, 0.4) is 0 Å². The Hall–Kier alpha value is -2.41. The first-order valence-corrected chi connectivity index (χ1v) is 7.45. The number of halogens is 1. The molecule has 1 unspecified atom stereocenters. The minimum atomic E-state index is -1.06. The summed E-state index contributed by atoms with van der Waals surface area (Å²) in [6.07, 6.45) is 0. The summed E-state index contributed by atoms with van der Waals surface area (Å²) in [6.45, 7) is 3.73. The third-order valence-electron chi connectivity index (χ3n) is 4.10. The number of aliphatic carboxylic acids is 1. The number of carbonyl (C=O) groups is 2. The molecule has 2 heterocycles. The summed E-state index contributed by atoms with van der Waals surface area (Å²) in [5, 5.41) is 17.9. The van der Waals surface area contributed by atoms with Crippen molar-refractivity contribution in [1.82, 2.24) is 19.7 Å². The van der Waals surface area contributed by atoms with E-state index in [1.165, 1.54) is 4.90 Å². The van der Waals surface area contributed by atoms with Crippen LogP contribution >= 0.6 is 11.6 Å². The molecular formula is C15H15ClN4O3. The number of hydrogen-bond acceptors (Lipinski definition) is 4. The fourth-order valence-electron chi connectivity index (χ4n) is 2.73. The molecule has 0 saturated heterocycles. The van der Waals surface area contributed by atoms with Crippen LogP contribution in [0.2, 0.25) is 5.02 Å². The first-order valence-electron chi connectivity index (χ1n) is 7.07. The number of carbonyl (C=O) groups excluding carboxylic acids is 1. The topological polar surface area (TPSA) is 88.3 Å². The highest BCUT2D eigenvalue weighted by Crippen LogP contribution is 2.24. The Kier molecular flexibility index (Phi) is 3.81. The molecule has 0 fully saturated rings. The lowest BCUT2D eigenvalue weighted by atomic mass is 10.1. The van der Waals surface area contributed by atoms with Crippen LogP contribution in [0.1, 0.15) is 27.6 Å². The molecule has 0 saturated carbocycles. The van der Waals surface area contributed by atoms with E-state index in [0.717, 1.165) is 0 Å². The van der Waals surface area contributed by atoms with E-state index in [1.54, 1.807) is 36.6 Å². The Balaban J connectivity index is 2.01. The standard InChI is InChI=1S/C15H15ClN4O3/c1-8-10(4-3-5-11(8)16)14(21)20-7-13-18-17-9(2)19(13)6-12(20)15(22)23/h3-5,12H,6-7H2,1-2H3,(H,22,23). The van der Waals surface area contributed by atoms with Crippen molar-refractivity contribution in [2.75, 3.05) is 0 Å². The highest BCUT2D eigenvalue weighted by atomic mass is 35.5. The van der Waals surface area contributed by atoms with Crippen LogP contribution in [-0.4, -0.2) is 42.7 Å². The van der Waals surface area contributed by atoms with Gasteiger partial charge in [0.25, 0.3) is 5.91 Å². The fraction of sp³-hybridized carbons (Fsp3) is 0.333. The van der Waals surface area contributed by atoms with Crippen LogP contribution in [0.15, 0.2) is 18.2 Å². The van der Waals surface area contributed by atoms with Gasteiger partial charge in [0.05, 0.1) is 13.1 Å². The number of rotatable bonds is 2. The van der Waals surface area contributed by atoms with Crippen molar-refractivity contribution in [3.8, 4) is 0 Å². The Morgan fingerprint density at radius 2 is 2.04 bits per heavy atom. The van der Waals surface area contributed by atoms with E-state index in [0.29, 0.717) is 27.8 Å². The molecule has 1 aliphatic rings. The Bertz CT molecular complexity index is 802. The van der Waals surface area contributed by atoms with Gasteiger partial charge in [-0.3, -0.25) is 4.79 Å². The maximum absolute atomic E-state index is 12.9. The summed E-state index contributed by atoms with van der Waals surface area (Å²) >= 11 is 6.07. The van der Waals surface area contributed by atoms with Crippen LogP contribution in [0.5, 0.6) is 0 Å². The lowest BCUT2D eigenvalue weighted by Crippen LogP contribution is -2.50. The quantitative estimate of drug-likeness (QED) is 0.902. The smallest absolute Gasteiger partial charge is 0.328 e. The Labute approximate surface area is 137 Å². The molecule has 120 valence electrons. The van der Waals surface area contributed by atoms with Gasteiger partial charge >= 0.3 is 5.97 Å². The first-order chi connectivity index (χ1) is 10.9. The van der Waals surface area contributed by atoms with Crippen LogP contribution in [0, 0.1) is 13.8 Å². The number of amides is 1. The van der Waals surface area contributed by atoms with Crippen LogP contribution in [0.25, 0.3) is 0 Å². The highest BCUT2D eigenvalue weighted by molar-refractivity contribution is 6.31. The van der Waals surface area contributed by atoms with Gasteiger partial charge in [0.2, 0.25) is 0 Å². The number of benzene rings is 1. The summed E-state index contributed by atoms with van der Waals surface area (Å²) in [5.74, 6) is -0.216. The van der Waals surface area contributed by atoms with Crippen molar-refractivity contribution in [3.05, 3.63) is 46.0 Å². The number of hydrogen-bond donors (Lipinski definition) is 1. The molecular weight excluding hydrogens is 320 g/mol. The van der Waals surface area contributed by atoms with Crippen LogP contribution < -0.4 is 0 Å². The second kappa shape index (κ2) is 5.66. The van der Waals surface area contributed by atoms with Crippen molar-refractivity contribution in [1.29, 1.82) is 0 Å². The van der Waals surface area contributed by atoms with Crippen molar-refractivity contribution in [3.63, 3.8) is 0 Å². The minimum absolute atomic E-state index is 0.0998. The van der Waals surface area contributed by atoms with Gasteiger partial charge in [0.15, 0.2) is 5.82 Å². The van der Waals surface area contributed by atoms with Gasteiger partial charge in [0, 0.05) is 10.6 Å². The molecule has 2 aromatic rings. The lowest BCUT2D eigenvalue weighted by molar-refractivity contribution is -0.143. The van der Waals surface area contributed by atoms with Gasteiger partial charge in [-0.2, -0.15) is 0 Å². The fourth-order valence-corrected chi connectivity index (χ4v) is 2.91. The van der Waals surface area contributed by atoms with E-state index >= 15 is 0 Å². The molecule has 3 rings (SSSR count). The Morgan fingerprint density at radius 1 is 1.30 bits per heavy atom. The summed E-state index contributed by atoms with van der Waals surface area (Å²) in [6, 6.07) is 4.05. The zero-order chi connectivity index (χ0) is 16.7. The molecule has 1 N–H and O–H groups in total. The average molecular weight is 335 g/mol. The second-order valence-corrected chi connectivity index (χ2v) is 5.88. The van der Waals surface area contributed by atoms with Gasteiger partial charge in [-0.05, 0) is 31.5 Å². The summed E-state index contributed by atoms with van der Waals surface area (Å²) in [7, 11) is 0. The Morgan fingerprint density at radius 3 is 2.74 bits per heavy atom. The van der Waals surface area contributed by atoms with Gasteiger partial charge < -0.3 is 14.6 Å². The molecule has 7 nitrogen and oxygen atoms in total. The van der Waals surface area contributed by atoms with E-state index in [4.69, 9.17) is 11.6 Å². The van der Waals surface area contributed by atoms with Gasteiger partial charge in [-0.25, -0.2) is 4.79 Å². The van der Waals surface area contributed by atoms with Gasteiger partial charge in [-0.1, -0.05) is 17.7 Å². The third kappa shape index (κ3) is 2.57. The summed E-state index contributed by atoms with van der Waals surface area (Å²) in [5.41, 5.74) is 1.03. The molecule has 1 aromatic carbocycles. The predicted molar refractivity (Wildman–Crippen MR) is 82.2 cm³/mol. The van der Waals surface area contributed by atoms with Gasteiger partial charge in [0.1, 0.15) is 11.9 Å². The second-order valence-electron chi connectivity index (χ2n) is 5.47. The molecule has 0 bridgehead atoms. The highest BCUT2D eigenvalue weighted by Gasteiger charge is 2.37. The zero-order valence-corrected chi connectivity index (χ0v) is 13.4. The molecule has 1 amide bonds.